The Morgan fingerprint density at radius 3 is 2.56 bits per heavy atom. The Hall–Kier alpha value is -4.11. The molecule has 2 saturated heterocycles. The first-order chi connectivity index (χ1) is 20.0. The summed E-state index contributed by atoms with van der Waals surface area (Å²) in [5.74, 6) is -0.554. The number of benzene rings is 1. The number of rotatable bonds is 8. The topological polar surface area (TPSA) is 138 Å². The zero-order chi connectivity index (χ0) is 28.5. The van der Waals surface area contributed by atoms with Crippen LogP contribution in [0, 0.1) is 10.1 Å². The lowest BCUT2D eigenvalue weighted by molar-refractivity contribution is -1.20. The van der Waals surface area contributed by atoms with Crippen LogP contribution >= 0.6 is 0 Å². The molecule has 1 unspecified atom stereocenters. The van der Waals surface area contributed by atoms with Crippen molar-refractivity contribution in [2.75, 3.05) is 82.5 Å². The molecule has 0 spiro atoms. The number of nitro groups is 1. The van der Waals surface area contributed by atoms with Crippen molar-refractivity contribution in [3.05, 3.63) is 69.3 Å². The monoisotopic (exact) mass is 565 g/mol. The highest BCUT2D eigenvalue weighted by molar-refractivity contribution is 6.25. The van der Waals surface area contributed by atoms with Gasteiger partial charge in [0.25, 0.3) is 5.69 Å². The Labute approximate surface area is 236 Å². The van der Waals surface area contributed by atoms with Crippen LogP contribution in [-0.2, 0) is 9.57 Å². The quantitative estimate of drug-likeness (QED) is 0.324. The number of morpholine rings is 1. The molecule has 2 fully saturated rings. The molecule has 0 radical (unpaired) electrons. The maximum atomic E-state index is 13.2. The fourth-order valence-corrected chi connectivity index (χ4v) is 5.86. The van der Waals surface area contributed by atoms with E-state index < -0.39 is 0 Å². The summed E-state index contributed by atoms with van der Waals surface area (Å²) in [6.45, 7) is 6.97. The van der Waals surface area contributed by atoms with Crippen LogP contribution in [0.2, 0.25) is 0 Å². The molecule has 0 saturated carbocycles. The number of pyridine rings is 1. The zero-order valence-electron chi connectivity index (χ0n) is 22.9. The number of fused-ring (bicyclic) bond motifs is 1. The lowest BCUT2D eigenvalue weighted by atomic mass is 9.95. The molecule has 216 valence electrons. The molecule has 4 heterocycles. The van der Waals surface area contributed by atoms with Gasteiger partial charge in [0, 0.05) is 63.8 Å². The largest absolute Gasteiger partial charge is 0.378 e. The van der Waals surface area contributed by atoms with Crippen LogP contribution in [-0.4, -0.2) is 104 Å². The third-order valence-corrected chi connectivity index (χ3v) is 7.99. The number of ketones is 2. The molecular formula is C27H33N8O6+. The van der Waals surface area contributed by atoms with Crippen LogP contribution in [0.3, 0.4) is 0 Å². The summed E-state index contributed by atoms with van der Waals surface area (Å²) >= 11 is 0. The number of hydrogen-bond acceptors (Lipinski definition) is 12. The van der Waals surface area contributed by atoms with Gasteiger partial charge in [0.2, 0.25) is 11.6 Å². The van der Waals surface area contributed by atoms with Gasteiger partial charge in [0.1, 0.15) is 18.5 Å². The SMILES string of the molecule is CO[NH+]1NC2=C(C(=O)c3ncccc3C2=O)N1CCCN1CCN(c2ccc([N+](=O)[O-])c(N3CCOCC3)c2)CC1. The molecule has 1 aromatic heterocycles. The van der Waals surface area contributed by atoms with E-state index >= 15 is 0 Å². The molecule has 2 N–H and O–H groups in total. The molecule has 14 nitrogen and oxygen atoms in total. The molecular weight excluding hydrogens is 532 g/mol. The number of nitrogens with zero attached hydrogens (tertiary/aromatic N) is 6. The number of piperazine rings is 1. The van der Waals surface area contributed by atoms with Crippen LogP contribution < -0.4 is 20.5 Å². The standard InChI is InChI=1S/C27H32N8O6/c1-40-35-29-24-25(27(37)23-20(26(24)36)4-2-7-28-23)33(35)9-3-8-30-10-12-31(13-11-30)19-5-6-21(34(38)39)22(18-19)32-14-16-41-17-15-32/h2,4-7,18,29H,3,8-17H2,1H3/p+1. The normalized spacial score (nSPS) is 21.2. The highest BCUT2D eigenvalue weighted by Crippen LogP contribution is 2.33. The van der Waals surface area contributed by atoms with Gasteiger partial charge in [0.15, 0.2) is 11.4 Å². The summed E-state index contributed by atoms with van der Waals surface area (Å²) in [4.78, 5) is 53.9. The summed E-state index contributed by atoms with van der Waals surface area (Å²) in [5, 5.41) is 13.8. The lowest BCUT2D eigenvalue weighted by Gasteiger charge is -2.37. The van der Waals surface area contributed by atoms with Crippen molar-refractivity contribution in [3.8, 4) is 0 Å². The van der Waals surface area contributed by atoms with Crippen LogP contribution in [0.5, 0.6) is 0 Å². The van der Waals surface area contributed by atoms with Gasteiger partial charge in [-0.1, -0.05) is 0 Å². The van der Waals surface area contributed by atoms with E-state index in [0.29, 0.717) is 49.4 Å². The van der Waals surface area contributed by atoms with E-state index in [2.05, 4.69) is 20.2 Å². The van der Waals surface area contributed by atoms with Crippen molar-refractivity contribution in [3.63, 3.8) is 0 Å². The minimum absolute atomic E-state index is 0.119. The summed E-state index contributed by atoms with van der Waals surface area (Å²) < 4.78 is 5.43. The Kier molecular flexibility index (Phi) is 7.53. The molecule has 0 bridgehead atoms. The average Bonchev–Trinajstić information content (AvgIpc) is 3.39. The fourth-order valence-electron chi connectivity index (χ4n) is 5.86. The smallest absolute Gasteiger partial charge is 0.292 e. The third kappa shape index (κ3) is 5.10. The van der Waals surface area contributed by atoms with Gasteiger partial charge in [-0.25, -0.2) is 0 Å². The molecule has 3 aliphatic heterocycles. The summed E-state index contributed by atoms with van der Waals surface area (Å²) in [6.07, 6.45) is 2.27. The van der Waals surface area contributed by atoms with E-state index in [4.69, 9.17) is 9.57 Å². The van der Waals surface area contributed by atoms with Crippen LogP contribution in [0.1, 0.15) is 27.3 Å². The number of anilines is 2. The van der Waals surface area contributed by atoms with Crippen molar-refractivity contribution in [2.45, 2.75) is 6.42 Å². The molecule has 14 heteroatoms. The Morgan fingerprint density at radius 1 is 1.05 bits per heavy atom. The molecule has 6 rings (SSSR count). The number of carbonyl (C=O) groups excluding carboxylic acids is 2. The van der Waals surface area contributed by atoms with Crippen molar-refractivity contribution in [1.29, 1.82) is 0 Å². The number of Topliss-reactive ketones (excluding diaryl/α,β-unsaturated/α-hetero) is 2. The van der Waals surface area contributed by atoms with Gasteiger partial charge in [-0.05, 0) is 36.0 Å². The van der Waals surface area contributed by atoms with E-state index in [1.165, 1.54) is 13.3 Å². The predicted octanol–water partition coefficient (Wildman–Crippen LogP) is -0.189. The first-order valence-electron chi connectivity index (χ1n) is 13.8. The number of nitrogens with one attached hydrogen (secondary N) is 2. The van der Waals surface area contributed by atoms with Crippen LogP contribution in [0.4, 0.5) is 17.1 Å². The Balaban J connectivity index is 1.06. The maximum Gasteiger partial charge on any atom is 0.292 e. The van der Waals surface area contributed by atoms with Gasteiger partial charge in [-0.15, -0.1) is 0 Å². The fraction of sp³-hybridized carbons (Fsp3) is 0.444. The number of allylic oxidation sites excluding steroid dienone is 2. The van der Waals surface area contributed by atoms with Crippen molar-refractivity contribution >= 4 is 28.6 Å². The molecule has 1 aliphatic carbocycles. The van der Waals surface area contributed by atoms with Gasteiger partial charge < -0.3 is 14.5 Å². The van der Waals surface area contributed by atoms with E-state index in [9.17, 15) is 19.7 Å². The molecule has 41 heavy (non-hydrogen) atoms. The first-order valence-corrected chi connectivity index (χ1v) is 13.8. The maximum absolute atomic E-state index is 13.2. The molecule has 4 aliphatic rings. The summed E-state index contributed by atoms with van der Waals surface area (Å²) in [5.41, 5.74) is 5.72. The number of carbonyl (C=O) groups is 2. The van der Waals surface area contributed by atoms with Crippen molar-refractivity contribution in [2.24, 2.45) is 0 Å². The summed E-state index contributed by atoms with van der Waals surface area (Å²) in [6, 6.07) is 8.63. The van der Waals surface area contributed by atoms with E-state index in [-0.39, 0.29) is 39.3 Å². The van der Waals surface area contributed by atoms with Crippen LogP contribution in [0.25, 0.3) is 0 Å². The molecule has 0 amide bonds. The number of aromatic nitrogens is 1. The minimum atomic E-state index is -0.320. The van der Waals surface area contributed by atoms with Gasteiger partial charge >= 0.3 is 0 Å². The second-order valence-corrected chi connectivity index (χ2v) is 10.3. The van der Waals surface area contributed by atoms with Gasteiger partial charge in [-0.2, -0.15) is 15.3 Å². The predicted molar refractivity (Wildman–Crippen MR) is 147 cm³/mol. The second-order valence-electron chi connectivity index (χ2n) is 10.3. The van der Waals surface area contributed by atoms with E-state index in [1.807, 2.05) is 17.0 Å². The number of hydrogen-bond donors (Lipinski definition) is 2. The van der Waals surface area contributed by atoms with Gasteiger partial charge in [-0.3, -0.25) is 29.6 Å². The first kappa shape index (κ1) is 27.1. The average molecular weight is 566 g/mol. The van der Waals surface area contributed by atoms with E-state index in [1.54, 1.807) is 23.2 Å². The van der Waals surface area contributed by atoms with Crippen molar-refractivity contribution in [1.82, 2.24) is 20.3 Å². The Bertz CT molecular complexity index is 1390. The summed E-state index contributed by atoms with van der Waals surface area (Å²) in [7, 11) is 1.51. The molecule has 1 atom stereocenters. The Morgan fingerprint density at radius 2 is 1.83 bits per heavy atom. The zero-order valence-corrected chi connectivity index (χ0v) is 22.9. The van der Waals surface area contributed by atoms with Crippen molar-refractivity contribution < 1.29 is 29.4 Å². The lowest BCUT2D eigenvalue weighted by Crippen LogP contribution is -3.20. The molecule has 2 aromatic rings. The number of ether oxygens (including phenoxy) is 1. The highest BCUT2D eigenvalue weighted by Gasteiger charge is 2.47. The minimum Gasteiger partial charge on any atom is -0.378 e. The third-order valence-electron chi connectivity index (χ3n) is 7.99. The highest BCUT2D eigenvalue weighted by atomic mass is 16.7. The van der Waals surface area contributed by atoms with Crippen LogP contribution in [0.15, 0.2) is 47.9 Å². The number of quaternary nitrogens is 1. The second kappa shape index (κ2) is 11.4. The van der Waals surface area contributed by atoms with Gasteiger partial charge in [0.05, 0.1) is 30.2 Å². The van der Waals surface area contributed by atoms with E-state index in [0.717, 1.165) is 44.8 Å². The molecule has 1 aromatic carbocycles. The number of nitro benzene ring substituents is 1.